The highest BCUT2D eigenvalue weighted by Gasteiger charge is 2.35. The van der Waals surface area contributed by atoms with E-state index >= 15 is 0 Å². The van der Waals surface area contributed by atoms with Crippen LogP contribution >= 0.6 is 0 Å². The molecule has 6 aromatic carbocycles. The molecule has 56 heavy (non-hydrogen) atoms. The van der Waals surface area contributed by atoms with Crippen LogP contribution in [0.15, 0.2) is 146 Å². The zero-order valence-electron chi connectivity index (χ0n) is 30.1. The van der Waals surface area contributed by atoms with Crippen LogP contribution in [0.5, 0.6) is 11.5 Å². The molecule has 2 heterocycles. The normalized spacial score (nSPS) is 16.6. The van der Waals surface area contributed by atoms with E-state index in [1.807, 2.05) is 107 Å². The summed E-state index contributed by atoms with van der Waals surface area (Å²) in [7, 11) is 3.20. The number of non-ortho nitro benzene ring substituents is 2. The van der Waals surface area contributed by atoms with Crippen LogP contribution in [0.4, 0.5) is 34.1 Å². The van der Waals surface area contributed by atoms with Gasteiger partial charge in [0, 0.05) is 24.3 Å². The van der Waals surface area contributed by atoms with Crippen molar-refractivity contribution in [2.24, 2.45) is 0 Å². The van der Waals surface area contributed by atoms with Crippen molar-refractivity contribution in [1.82, 2.24) is 21.7 Å². The van der Waals surface area contributed by atoms with E-state index in [1.165, 1.54) is 24.3 Å². The van der Waals surface area contributed by atoms with Crippen molar-refractivity contribution in [3.63, 3.8) is 0 Å². The molecule has 0 radical (unpaired) electrons. The minimum atomic E-state index is -0.428. The first kappa shape index (κ1) is 35.8. The van der Waals surface area contributed by atoms with Gasteiger partial charge in [-0.3, -0.25) is 20.2 Å². The minimum Gasteiger partial charge on any atom is -0.494 e. The number of ether oxygens (including phenoxy) is 2. The van der Waals surface area contributed by atoms with Gasteiger partial charge >= 0.3 is 0 Å². The number of methoxy groups -OCH3 is 2. The van der Waals surface area contributed by atoms with E-state index in [1.54, 1.807) is 48.7 Å². The van der Waals surface area contributed by atoms with E-state index in [9.17, 15) is 20.2 Å². The number of hydrazine groups is 6. The van der Waals surface area contributed by atoms with Crippen molar-refractivity contribution < 1.29 is 19.3 Å². The molecule has 16 heteroatoms. The van der Waals surface area contributed by atoms with Crippen LogP contribution in [0.3, 0.4) is 0 Å². The topological polar surface area (TPSA) is 166 Å². The second-order valence-electron chi connectivity index (χ2n) is 12.8. The fraction of sp³-hybridized carbons (Fsp3) is 0.100. The summed E-state index contributed by atoms with van der Waals surface area (Å²) in [4.78, 5) is 21.9. The van der Waals surface area contributed by atoms with Crippen molar-refractivity contribution in [3.05, 3.63) is 177 Å². The quantitative estimate of drug-likeness (QED) is 0.0783. The molecule has 0 amide bonds. The van der Waals surface area contributed by atoms with E-state index in [2.05, 4.69) is 21.7 Å². The smallest absolute Gasteiger partial charge is 0.269 e. The van der Waals surface area contributed by atoms with Crippen molar-refractivity contribution in [2.75, 3.05) is 34.7 Å². The summed E-state index contributed by atoms with van der Waals surface area (Å²) in [6.07, 6.45) is -0.651. The molecule has 0 bridgehead atoms. The lowest BCUT2D eigenvalue weighted by atomic mass is 10.0. The summed E-state index contributed by atoms with van der Waals surface area (Å²) in [5.74, 6) is 1.11. The molecular formula is C40H36N10O6. The molecule has 2 aliphatic heterocycles. The largest absolute Gasteiger partial charge is 0.494 e. The highest BCUT2D eigenvalue weighted by molar-refractivity contribution is 5.77. The summed E-state index contributed by atoms with van der Waals surface area (Å²) in [5.41, 5.74) is 20.3. The molecule has 2 atom stereocenters. The Hall–Kier alpha value is -7.24. The number of nitrogens with zero attached hydrogens (tertiary/aromatic N) is 6. The zero-order chi connectivity index (χ0) is 38.8. The first-order valence-corrected chi connectivity index (χ1v) is 17.5. The number of hydrogen-bond donors (Lipinski definition) is 4. The maximum atomic E-state index is 11.4. The van der Waals surface area contributed by atoms with Crippen molar-refractivity contribution in [3.8, 4) is 22.6 Å². The van der Waals surface area contributed by atoms with Gasteiger partial charge in [-0.05, 0) is 70.8 Å². The average molecular weight is 753 g/mol. The molecule has 0 aromatic heterocycles. The van der Waals surface area contributed by atoms with Crippen LogP contribution in [0, 0.1) is 20.2 Å². The third-order valence-corrected chi connectivity index (χ3v) is 9.43. The van der Waals surface area contributed by atoms with E-state index in [4.69, 9.17) is 9.47 Å². The Bertz CT molecular complexity index is 2190. The van der Waals surface area contributed by atoms with Gasteiger partial charge in [-0.1, -0.05) is 72.8 Å². The van der Waals surface area contributed by atoms with Gasteiger partial charge in [0.15, 0.2) is 0 Å². The average Bonchev–Trinajstić information content (AvgIpc) is 3.90. The zero-order valence-corrected chi connectivity index (χ0v) is 30.1. The van der Waals surface area contributed by atoms with Crippen molar-refractivity contribution in [2.45, 2.75) is 12.3 Å². The van der Waals surface area contributed by atoms with Gasteiger partial charge in [0.25, 0.3) is 11.4 Å². The van der Waals surface area contributed by atoms with Gasteiger partial charge < -0.3 is 9.47 Å². The Kier molecular flexibility index (Phi) is 9.74. The Morgan fingerprint density at radius 3 is 1.18 bits per heavy atom. The second-order valence-corrected chi connectivity index (χ2v) is 12.8. The molecule has 0 saturated carbocycles. The minimum absolute atomic E-state index is 0.0118. The molecule has 0 spiro atoms. The van der Waals surface area contributed by atoms with E-state index in [0.29, 0.717) is 34.2 Å². The SMILES string of the molecule is COc1cc(-c2ccc(N3NC(c4ccccc4)NN3c3ccc([N+](=O)[O-])cc3)c(OC)c2)ccc1N1NC(c2ccccc2)NN1c1ccc([N+](=O)[O-])cc1. The number of hydrogen-bond acceptors (Lipinski definition) is 14. The highest BCUT2D eigenvalue weighted by Crippen LogP contribution is 2.41. The van der Waals surface area contributed by atoms with Gasteiger partial charge in [0.05, 0.1) is 35.4 Å². The van der Waals surface area contributed by atoms with Crippen LogP contribution in [-0.4, -0.2) is 24.1 Å². The first-order valence-electron chi connectivity index (χ1n) is 17.5. The van der Waals surface area contributed by atoms with Gasteiger partial charge in [0.2, 0.25) is 0 Å². The van der Waals surface area contributed by atoms with Crippen molar-refractivity contribution >= 4 is 34.1 Å². The predicted octanol–water partition coefficient (Wildman–Crippen LogP) is 7.09. The molecule has 4 N–H and O–H groups in total. The fourth-order valence-corrected chi connectivity index (χ4v) is 6.60. The standard InChI is InChI=1S/C40H36N10O6/c1-55-37-25-29(13-23-35(37)47-43-39(27-9-5-3-6-10-27)41-45(47)31-15-19-33(20-16-31)49(51)52)30-14-24-36(38(26-30)56-2)48-44-40(28-11-7-4-8-12-28)42-46(48)32-17-21-34(22-18-32)50(53)54/h3-26,39-44H,1-2H3. The van der Waals surface area contributed by atoms with E-state index in [0.717, 1.165) is 22.3 Å². The van der Waals surface area contributed by atoms with E-state index in [-0.39, 0.29) is 23.7 Å². The Labute approximate surface area is 321 Å². The maximum absolute atomic E-state index is 11.4. The Morgan fingerprint density at radius 2 is 0.839 bits per heavy atom. The molecule has 16 nitrogen and oxygen atoms in total. The number of nitro groups is 2. The monoisotopic (exact) mass is 752 g/mol. The van der Waals surface area contributed by atoms with Gasteiger partial charge in [-0.2, -0.15) is 31.9 Å². The lowest BCUT2D eigenvalue weighted by Crippen LogP contribution is -2.45. The lowest BCUT2D eigenvalue weighted by molar-refractivity contribution is -0.385. The lowest BCUT2D eigenvalue weighted by Gasteiger charge is -2.30. The van der Waals surface area contributed by atoms with E-state index < -0.39 is 9.85 Å². The molecule has 2 fully saturated rings. The van der Waals surface area contributed by atoms with Gasteiger partial charge in [0.1, 0.15) is 35.2 Å². The molecule has 2 saturated heterocycles. The molecule has 2 unspecified atom stereocenters. The summed E-state index contributed by atoms with van der Waals surface area (Å²) in [6.45, 7) is 0. The first-order chi connectivity index (χ1) is 27.3. The molecule has 6 aromatic rings. The number of nitro benzene ring substituents is 2. The van der Waals surface area contributed by atoms with Crippen LogP contribution in [-0.2, 0) is 0 Å². The summed E-state index contributed by atoms with van der Waals surface area (Å²) in [6, 6.07) is 44.0. The third-order valence-electron chi connectivity index (χ3n) is 9.43. The van der Waals surface area contributed by atoms with Crippen molar-refractivity contribution in [1.29, 1.82) is 0 Å². The summed E-state index contributed by atoms with van der Waals surface area (Å²) < 4.78 is 11.9. The molecule has 0 aliphatic carbocycles. The molecular weight excluding hydrogens is 717 g/mol. The van der Waals surface area contributed by atoms with Crippen LogP contribution in [0.25, 0.3) is 11.1 Å². The third kappa shape index (κ3) is 6.94. The number of anilines is 4. The van der Waals surface area contributed by atoms with Gasteiger partial charge in [-0.25, -0.2) is 10.2 Å². The van der Waals surface area contributed by atoms with Crippen LogP contribution < -0.4 is 51.6 Å². The number of rotatable bonds is 11. The predicted molar refractivity (Wildman–Crippen MR) is 212 cm³/mol. The van der Waals surface area contributed by atoms with Gasteiger partial charge in [-0.15, -0.1) is 0 Å². The van der Waals surface area contributed by atoms with Crippen LogP contribution in [0.1, 0.15) is 23.5 Å². The molecule has 282 valence electrons. The fourth-order valence-electron chi connectivity index (χ4n) is 6.60. The highest BCUT2D eigenvalue weighted by atomic mass is 16.6. The second kappa shape index (κ2) is 15.2. The molecule has 8 rings (SSSR count). The van der Waals surface area contributed by atoms with Crippen LogP contribution in [0.2, 0.25) is 0 Å². The number of benzene rings is 6. The molecule has 2 aliphatic rings. The Balaban J connectivity index is 1.12. The Morgan fingerprint density at radius 1 is 0.482 bits per heavy atom. The number of nitrogens with one attached hydrogen (secondary N) is 4. The summed E-state index contributed by atoms with van der Waals surface area (Å²) >= 11 is 0. The maximum Gasteiger partial charge on any atom is 0.269 e. The summed E-state index contributed by atoms with van der Waals surface area (Å²) in [5, 5.41) is 30.0.